The molecule has 1 N–H and O–H groups in total. The summed E-state index contributed by atoms with van der Waals surface area (Å²) in [7, 11) is 0. The molecule has 6 rings (SSSR count). The average Bonchev–Trinajstić information content (AvgIpc) is 3.44. The van der Waals surface area contributed by atoms with E-state index in [-0.39, 0.29) is 0 Å². The van der Waals surface area contributed by atoms with Gasteiger partial charge in [-0.3, -0.25) is 0 Å². The predicted octanol–water partition coefficient (Wildman–Crippen LogP) is 6.86. The van der Waals surface area contributed by atoms with Crippen molar-refractivity contribution in [2.24, 2.45) is 0 Å². The van der Waals surface area contributed by atoms with Crippen LogP contribution in [-0.4, -0.2) is 27.2 Å². The number of aryl methyl sites for hydroxylation is 1. The van der Waals surface area contributed by atoms with Gasteiger partial charge in [-0.2, -0.15) is 0 Å². The highest BCUT2D eigenvalue weighted by Gasteiger charge is 2.26. The van der Waals surface area contributed by atoms with E-state index in [2.05, 4.69) is 41.9 Å². The standard InChI is InChI=1S/C25H26N4S2/c1-30-25-28-21-19-17-13-8-14-18(17)20(15-9-4-2-5-10-15)27-24(19)31-22(21)23(29-25)26-16-11-6-3-7-12-16/h2,4-5,9-10,16H,3,6-8,11-14H2,1H3,(H,26,28,29). The molecule has 3 aromatic heterocycles. The molecular weight excluding hydrogens is 420 g/mol. The van der Waals surface area contributed by atoms with Gasteiger partial charge in [-0.1, -0.05) is 61.4 Å². The number of anilines is 1. The van der Waals surface area contributed by atoms with Crippen LogP contribution in [0.3, 0.4) is 0 Å². The summed E-state index contributed by atoms with van der Waals surface area (Å²) in [5, 5.41) is 5.92. The Morgan fingerprint density at radius 1 is 0.935 bits per heavy atom. The Labute approximate surface area is 190 Å². The zero-order valence-corrected chi connectivity index (χ0v) is 19.4. The van der Waals surface area contributed by atoms with Gasteiger partial charge >= 0.3 is 0 Å². The van der Waals surface area contributed by atoms with Crippen LogP contribution in [0.25, 0.3) is 31.7 Å². The molecule has 4 nitrogen and oxygen atoms in total. The van der Waals surface area contributed by atoms with Crippen LogP contribution in [0.2, 0.25) is 0 Å². The van der Waals surface area contributed by atoms with E-state index in [1.165, 1.54) is 65.3 Å². The summed E-state index contributed by atoms with van der Waals surface area (Å²) in [4.78, 5) is 16.2. The first-order valence-electron chi connectivity index (χ1n) is 11.3. The summed E-state index contributed by atoms with van der Waals surface area (Å²) in [6, 6.07) is 11.2. The molecule has 0 radical (unpaired) electrons. The highest BCUT2D eigenvalue weighted by molar-refractivity contribution is 7.98. The van der Waals surface area contributed by atoms with Crippen molar-refractivity contribution < 1.29 is 0 Å². The van der Waals surface area contributed by atoms with E-state index in [0.29, 0.717) is 6.04 Å². The molecule has 0 aliphatic heterocycles. The van der Waals surface area contributed by atoms with Gasteiger partial charge in [-0.25, -0.2) is 15.0 Å². The lowest BCUT2D eigenvalue weighted by atomic mass is 9.95. The number of nitrogens with one attached hydrogen (secondary N) is 1. The van der Waals surface area contributed by atoms with Gasteiger partial charge in [0.25, 0.3) is 0 Å². The summed E-state index contributed by atoms with van der Waals surface area (Å²) in [5.41, 5.74) is 6.36. The van der Waals surface area contributed by atoms with Crippen LogP contribution in [0.5, 0.6) is 0 Å². The third-order valence-corrected chi connectivity index (χ3v) is 8.32. The van der Waals surface area contributed by atoms with Gasteiger partial charge in [0.15, 0.2) is 5.16 Å². The molecule has 0 bridgehead atoms. The summed E-state index contributed by atoms with van der Waals surface area (Å²) in [5.74, 6) is 1.01. The molecule has 0 unspecified atom stereocenters. The van der Waals surface area contributed by atoms with Crippen LogP contribution in [0, 0.1) is 0 Å². The van der Waals surface area contributed by atoms with Gasteiger partial charge in [0.2, 0.25) is 0 Å². The van der Waals surface area contributed by atoms with Crippen LogP contribution in [0.1, 0.15) is 49.7 Å². The van der Waals surface area contributed by atoms with Crippen LogP contribution in [0.4, 0.5) is 5.82 Å². The lowest BCUT2D eigenvalue weighted by Crippen LogP contribution is -2.23. The Hall–Kier alpha value is -2.18. The molecule has 6 heteroatoms. The van der Waals surface area contributed by atoms with E-state index >= 15 is 0 Å². The molecule has 31 heavy (non-hydrogen) atoms. The number of hydrogen-bond acceptors (Lipinski definition) is 6. The maximum Gasteiger partial charge on any atom is 0.189 e. The minimum Gasteiger partial charge on any atom is -0.366 e. The van der Waals surface area contributed by atoms with Crippen LogP contribution in [-0.2, 0) is 12.8 Å². The molecule has 3 heterocycles. The number of pyridine rings is 1. The Morgan fingerprint density at radius 2 is 1.74 bits per heavy atom. The van der Waals surface area contributed by atoms with Gasteiger partial charge in [0.1, 0.15) is 10.6 Å². The van der Waals surface area contributed by atoms with Crippen molar-refractivity contribution >= 4 is 49.3 Å². The Balaban J connectivity index is 1.58. The van der Waals surface area contributed by atoms with E-state index in [1.807, 2.05) is 0 Å². The van der Waals surface area contributed by atoms with Gasteiger partial charge < -0.3 is 5.32 Å². The van der Waals surface area contributed by atoms with E-state index in [0.717, 1.165) is 39.9 Å². The molecule has 0 amide bonds. The third-order valence-electron chi connectivity index (χ3n) is 6.69. The number of nitrogens with zero attached hydrogens (tertiary/aromatic N) is 3. The number of thioether (sulfide) groups is 1. The predicted molar refractivity (Wildman–Crippen MR) is 132 cm³/mol. The first-order valence-corrected chi connectivity index (χ1v) is 13.4. The van der Waals surface area contributed by atoms with Crippen LogP contribution >= 0.6 is 23.1 Å². The van der Waals surface area contributed by atoms with E-state index in [1.54, 1.807) is 23.1 Å². The van der Waals surface area contributed by atoms with Crippen molar-refractivity contribution in [3.8, 4) is 11.3 Å². The molecule has 0 saturated heterocycles. The number of fused-ring (bicyclic) bond motifs is 5. The Morgan fingerprint density at radius 3 is 2.55 bits per heavy atom. The van der Waals surface area contributed by atoms with E-state index in [4.69, 9.17) is 15.0 Å². The second kappa shape index (κ2) is 8.06. The zero-order chi connectivity index (χ0) is 20.8. The maximum absolute atomic E-state index is 5.21. The summed E-state index contributed by atoms with van der Waals surface area (Å²) in [6.45, 7) is 0. The summed E-state index contributed by atoms with van der Waals surface area (Å²) < 4.78 is 1.17. The number of thiophene rings is 1. The first kappa shape index (κ1) is 19.5. The van der Waals surface area contributed by atoms with Crippen molar-refractivity contribution in [2.75, 3.05) is 11.6 Å². The minimum atomic E-state index is 0.519. The topological polar surface area (TPSA) is 50.7 Å². The fraction of sp³-hybridized carbons (Fsp3) is 0.400. The lowest BCUT2D eigenvalue weighted by molar-refractivity contribution is 0.462. The molecule has 0 atom stereocenters. The molecule has 1 aromatic carbocycles. The van der Waals surface area contributed by atoms with Gasteiger partial charge in [0.05, 0.1) is 15.9 Å². The Kier molecular flexibility index (Phi) is 5.07. The van der Waals surface area contributed by atoms with Crippen LogP contribution < -0.4 is 5.32 Å². The lowest BCUT2D eigenvalue weighted by Gasteiger charge is -2.23. The number of hydrogen-bond donors (Lipinski definition) is 1. The highest BCUT2D eigenvalue weighted by Crippen LogP contribution is 2.44. The van der Waals surface area contributed by atoms with Gasteiger partial charge in [-0.05, 0) is 49.5 Å². The second-order valence-electron chi connectivity index (χ2n) is 8.64. The second-order valence-corrected chi connectivity index (χ2v) is 10.4. The quantitative estimate of drug-likeness (QED) is 0.274. The molecule has 2 aliphatic carbocycles. The van der Waals surface area contributed by atoms with Gasteiger partial charge in [0, 0.05) is 17.0 Å². The monoisotopic (exact) mass is 446 g/mol. The van der Waals surface area contributed by atoms with Crippen molar-refractivity contribution in [1.82, 2.24) is 15.0 Å². The molecule has 4 aromatic rings. The zero-order valence-electron chi connectivity index (χ0n) is 17.8. The molecule has 0 spiro atoms. The van der Waals surface area contributed by atoms with E-state index in [9.17, 15) is 0 Å². The maximum atomic E-state index is 5.21. The first-order chi connectivity index (χ1) is 15.3. The number of aromatic nitrogens is 3. The van der Waals surface area contributed by atoms with Crippen molar-refractivity contribution in [3.63, 3.8) is 0 Å². The number of benzene rings is 1. The van der Waals surface area contributed by atoms with Crippen molar-refractivity contribution in [1.29, 1.82) is 0 Å². The summed E-state index contributed by atoms with van der Waals surface area (Å²) in [6.07, 6.45) is 11.9. The highest BCUT2D eigenvalue weighted by atomic mass is 32.2. The average molecular weight is 447 g/mol. The molecule has 1 saturated carbocycles. The molecule has 2 aliphatic rings. The minimum absolute atomic E-state index is 0.519. The molecule has 1 fully saturated rings. The van der Waals surface area contributed by atoms with Crippen molar-refractivity contribution in [3.05, 3.63) is 41.5 Å². The number of rotatable bonds is 4. The van der Waals surface area contributed by atoms with Gasteiger partial charge in [-0.15, -0.1) is 11.3 Å². The molecular formula is C25H26N4S2. The third kappa shape index (κ3) is 3.40. The van der Waals surface area contributed by atoms with Crippen molar-refractivity contribution in [2.45, 2.75) is 62.6 Å². The largest absolute Gasteiger partial charge is 0.366 e. The SMILES string of the molecule is CSc1nc(NC2CCCCC2)c2sc3nc(-c4ccccc4)c4c(c3c2n1)CCC4. The Bertz CT molecular complexity index is 1260. The van der Waals surface area contributed by atoms with Crippen LogP contribution in [0.15, 0.2) is 35.5 Å². The fourth-order valence-electron chi connectivity index (χ4n) is 5.21. The smallest absolute Gasteiger partial charge is 0.189 e. The summed E-state index contributed by atoms with van der Waals surface area (Å²) >= 11 is 3.39. The fourth-order valence-corrected chi connectivity index (χ4v) is 6.67. The normalized spacial score (nSPS) is 16.8. The van der Waals surface area contributed by atoms with E-state index < -0.39 is 0 Å². The molecule has 158 valence electrons.